The Morgan fingerprint density at radius 3 is 2.36 bits per heavy atom. The van der Waals surface area contributed by atoms with E-state index in [1.54, 1.807) is 24.3 Å². The molecule has 0 aliphatic carbocycles. The first kappa shape index (κ1) is 8.34. The highest BCUT2D eigenvalue weighted by Crippen LogP contribution is 1.98. The van der Waals surface area contributed by atoms with Gasteiger partial charge in [-0.1, -0.05) is 29.7 Å². The minimum Gasteiger partial charge on any atom is -0.293 e. The maximum absolute atomic E-state index is 11.0. The Morgan fingerprint density at radius 1 is 1.36 bits per heavy atom. The van der Waals surface area contributed by atoms with Crippen LogP contribution in [0.3, 0.4) is 0 Å². The van der Waals surface area contributed by atoms with E-state index in [9.17, 15) is 4.79 Å². The zero-order valence-electron chi connectivity index (χ0n) is 5.88. The second-order valence-corrected chi connectivity index (χ2v) is 2.45. The third-order valence-corrected chi connectivity index (χ3v) is 1.60. The quantitative estimate of drug-likeness (QED) is 0.361. The van der Waals surface area contributed by atoms with E-state index in [-0.39, 0.29) is 11.7 Å². The van der Waals surface area contributed by atoms with Gasteiger partial charge in [0.15, 0.2) is 5.78 Å². The summed E-state index contributed by atoms with van der Waals surface area (Å²) in [5.74, 6) is -0.0594. The Labute approximate surface area is 71.8 Å². The van der Waals surface area contributed by atoms with Crippen LogP contribution in [0.25, 0.3) is 0 Å². The van der Waals surface area contributed by atoms with Crippen LogP contribution in [0.5, 0.6) is 0 Å². The van der Waals surface area contributed by atoms with Gasteiger partial charge < -0.3 is 0 Å². The van der Waals surface area contributed by atoms with E-state index >= 15 is 0 Å². The van der Waals surface area contributed by atoms with Crippen LogP contribution in [-0.4, -0.2) is 19.5 Å². The molecule has 0 spiro atoms. The summed E-state index contributed by atoms with van der Waals surface area (Å²) in [6, 6.07) is 6.69. The van der Waals surface area contributed by atoms with Gasteiger partial charge >= 0.3 is 0 Å². The number of ketones is 1. The first-order chi connectivity index (χ1) is 5.24. The maximum atomic E-state index is 11.0. The molecule has 0 bridgehead atoms. The number of alkyl halides is 1. The van der Waals surface area contributed by atoms with Crippen LogP contribution in [0.4, 0.5) is 0 Å². The molecule has 0 aliphatic rings. The smallest absolute Gasteiger partial charge is 0.177 e. The summed E-state index contributed by atoms with van der Waals surface area (Å²) in [7, 11) is 5.42. The van der Waals surface area contributed by atoms with E-state index in [0.29, 0.717) is 11.0 Å². The third-order valence-electron chi connectivity index (χ3n) is 1.35. The summed E-state index contributed by atoms with van der Waals surface area (Å²) in [5.41, 5.74) is 1.25. The zero-order chi connectivity index (χ0) is 8.27. The predicted octanol–water partition coefficient (Wildman–Crippen LogP) is 0.902. The molecule has 0 saturated carbocycles. The van der Waals surface area contributed by atoms with E-state index in [1.165, 1.54) is 0 Å². The average molecular weight is 164 g/mol. The molecule has 0 aliphatic heterocycles. The van der Waals surface area contributed by atoms with Gasteiger partial charge in [0.25, 0.3) is 0 Å². The number of hydrogen-bond donors (Lipinski definition) is 0. The molecule has 0 N–H and O–H groups in total. The van der Waals surface area contributed by atoms with Crippen molar-refractivity contribution in [3.8, 4) is 0 Å². The molecule has 1 nitrogen and oxygen atoms in total. The molecule has 11 heavy (non-hydrogen) atoms. The average Bonchev–Trinajstić information content (AvgIpc) is 2.05. The lowest BCUT2D eigenvalue weighted by Gasteiger charge is -1.96. The van der Waals surface area contributed by atoms with Gasteiger partial charge in [0.1, 0.15) is 7.85 Å². The van der Waals surface area contributed by atoms with Crippen LogP contribution in [-0.2, 0) is 0 Å². The lowest BCUT2D eigenvalue weighted by molar-refractivity contribution is 0.102. The first-order valence-electron chi connectivity index (χ1n) is 3.18. The van der Waals surface area contributed by atoms with Crippen molar-refractivity contribution >= 4 is 30.7 Å². The Hall–Kier alpha value is -0.755. The van der Waals surface area contributed by atoms with Gasteiger partial charge in [-0.25, -0.2) is 0 Å². The number of carbonyl (C=O) groups is 1. The summed E-state index contributed by atoms with van der Waals surface area (Å²) in [4.78, 5) is 11.0. The molecule has 1 aromatic rings. The third kappa shape index (κ3) is 2.09. The normalized spacial score (nSPS) is 9.55. The Bertz CT molecular complexity index is 255. The van der Waals surface area contributed by atoms with Gasteiger partial charge in [0.05, 0.1) is 5.88 Å². The molecule has 0 heterocycles. The van der Waals surface area contributed by atoms with E-state index < -0.39 is 0 Å². The van der Waals surface area contributed by atoms with Crippen molar-refractivity contribution in [2.45, 2.75) is 0 Å². The van der Waals surface area contributed by atoms with E-state index in [2.05, 4.69) is 0 Å². The fourth-order valence-corrected chi connectivity index (χ4v) is 0.900. The number of carbonyl (C=O) groups excluding carboxylic acids is 1. The largest absolute Gasteiger partial charge is 0.293 e. The lowest BCUT2D eigenvalue weighted by atomic mass is 9.95. The van der Waals surface area contributed by atoms with Gasteiger partial charge in [-0.15, -0.1) is 11.6 Å². The Balaban J connectivity index is 2.90. The standard InChI is InChI=1S/C8H6BClO/c9-7-3-1-6(2-4-7)8(11)5-10/h1-4H,5H2. The van der Waals surface area contributed by atoms with Crippen LogP contribution in [0.2, 0.25) is 0 Å². The monoisotopic (exact) mass is 164 g/mol. The highest BCUT2D eigenvalue weighted by Gasteiger charge is 2.01. The molecule has 54 valence electrons. The molecule has 3 heteroatoms. The molecule has 0 unspecified atom stereocenters. The van der Waals surface area contributed by atoms with Crippen molar-refractivity contribution in [3.05, 3.63) is 29.8 Å². The highest BCUT2D eigenvalue weighted by atomic mass is 35.5. The van der Waals surface area contributed by atoms with Crippen molar-refractivity contribution in [3.63, 3.8) is 0 Å². The summed E-state index contributed by atoms with van der Waals surface area (Å²) >= 11 is 5.35. The molecule has 1 aromatic carbocycles. The molecule has 0 saturated heterocycles. The van der Waals surface area contributed by atoms with Crippen LogP contribution in [0.15, 0.2) is 24.3 Å². The molecule has 1 rings (SSSR count). The van der Waals surface area contributed by atoms with Gasteiger partial charge in [0, 0.05) is 5.56 Å². The van der Waals surface area contributed by atoms with E-state index in [0.717, 1.165) is 0 Å². The maximum Gasteiger partial charge on any atom is 0.177 e. The fraction of sp³-hybridized carbons (Fsp3) is 0.125. The van der Waals surface area contributed by atoms with Crippen molar-refractivity contribution in [1.82, 2.24) is 0 Å². The molecule has 2 radical (unpaired) electrons. The van der Waals surface area contributed by atoms with Gasteiger partial charge in [0.2, 0.25) is 0 Å². The second kappa shape index (κ2) is 3.58. The number of Topliss-reactive ketones (excluding diaryl/α,β-unsaturated/α-hetero) is 1. The van der Waals surface area contributed by atoms with Crippen molar-refractivity contribution in [1.29, 1.82) is 0 Å². The van der Waals surface area contributed by atoms with E-state index in [4.69, 9.17) is 19.4 Å². The zero-order valence-corrected chi connectivity index (χ0v) is 6.64. The summed E-state index contributed by atoms with van der Waals surface area (Å²) in [5, 5.41) is 0. The second-order valence-electron chi connectivity index (χ2n) is 2.18. The number of hydrogen-bond acceptors (Lipinski definition) is 1. The minimum atomic E-state index is -0.0772. The lowest BCUT2D eigenvalue weighted by Crippen LogP contribution is -2.05. The first-order valence-corrected chi connectivity index (χ1v) is 3.72. The van der Waals surface area contributed by atoms with Gasteiger partial charge in [-0.05, 0) is 0 Å². The topological polar surface area (TPSA) is 17.1 Å². The van der Waals surface area contributed by atoms with Crippen LogP contribution >= 0.6 is 11.6 Å². The minimum absolute atomic E-state index is 0.0178. The highest BCUT2D eigenvalue weighted by molar-refractivity contribution is 6.33. The number of halogens is 1. The molecule has 0 atom stereocenters. The molecule has 0 amide bonds. The Morgan fingerprint density at radius 2 is 1.91 bits per heavy atom. The predicted molar refractivity (Wildman–Crippen MR) is 46.9 cm³/mol. The summed E-state index contributed by atoms with van der Waals surface area (Å²) in [6.07, 6.45) is 0. The Kier molecular flexibility index (Phi) is 2.72. The fourth-order valence-electron chi connectivity index (χ4n) is 0.746. The number of benzene rings is 1. The summed E-state index contributed by atoms with van der Waals surface area (Å²) < 4.78 is 0. The molecule has 0 fully saturated rings. The number of rotatable bonds is 2. The van der Waals surface area contributed by atoms with E-state index in [1.807, 2.05) is 0 Å². The van der Waals surface area contributed by atoms with Crippen LogP contribution in [0, 0.1) is 0 Å². The molecule has 0 aromatic heterocycles. The molecular formula is C8H6BClO. The van der Waals surface area contributed by atoms with Crippen molar-refractivity contribution in [2.75, 3.05) is 5.88 Å². The van der Waals surface area contributed by atoms with Gasteiger partial charge in [-0.3, -0.25) is 4.79 Å². The van der Waals surface area contributed by atoms with Crippen LogP contribution in [0.1, 0.15) is 10.4 Å². The van der Waals surface area contributed by atoms with Gasteiger partial charge in [-0.2, -0.15) is 0 Å². The SMILES string of the molecule is [B]c1ccc(C(=O)CCl)cc1. The van der Waals surface area contributed by atoms with Crippen molar-refractivity contribution < 1.29 is 4.79 Å². The molecular weight excluding hydrogens is 158 g/mol. The van der Waals surface area contributed by atoms with Crippen molar-refractivity contribution in [2.24, 2.45) is 0 Å². The van der Waals surface area contributed by atoms with Crippen LogP contribution < -0.4 is 5.46 Å². The summed E-state index contributed by atoms with van der Waals surface area (Å²) in [6.45, 7) is 0.